The Labute approximate surface area is 192 Å². The normalized spacial score (nSPS) is 12.4. The second-order valence-corrected chi connectivity index (χ2v) is 8.25. The lowest BCUT2D eigenvalue weighted by molar-refractivity contribution is 0.0951. The number of nitrogens with one attached hydrogen (secondary N) is 1. The Bertz CT molecular complexity index is 1120. The van der Waals surface area contributed by atoms with E-state index in [0.717, 1.165) is 0 Å². The summed E-state index contributed by atoms with van der Waals surface area (Å²) in [6.07, 6.45) is 3.05. The highest BCUT2D eigenvalue weighted by atomic mass is 127. The first kappa shape index (κ1) is 22.5. The van der Waals surface area contributed by atoms with E-state index in [4.69, 9.17) is 22.1 Å². The third kappa shape index (κ3) is 4.04. The number of hydrogen-bond acceptors (Lipinski definition) is 5. The molecule has 0 bridgehead atoms. The highest BCUT2D eigenvalue weighted by Crippen LogP contribution is 2.39. The van der Waals surface area contributed by atoms with Gasteiger partial charge in [-0.3, -0.25) is 9.20 Å². The fourth-order valence-electron chi connectivity index (χ4n) is 3.38. The van der Waals surface area contributed by atoms with Gasteiger partial charge in [-0.2, -0.15) is 0 Å². The number of aromatic nitrogens is 3. The summed E-state index contributed by atoms with van der Waals surface area (Å²) in [5, 5.41) is 2.45. The molecule has 0 aliphatic carbocycles. The number of hydrogen-bond donors (Lipinski definition) is 2. The lowest BCUT2D eigenvalue weighted by Gasteiger charge is -2.22. The van der Waals surface area contributed by atoms with Gasteiger partial charge < -0.3 is 15.8 Å². The Hall–Kier alpha value is -2.14. The minimum absolute atomic E-state index is 0.151. The molecule has 1 atom stereocenters. The van der Waals surface area contributed by atoms with E-state index in [1.807, 2.05) is 54.7 Å². The molecule has 3 aromatic rings. The van der Waals surface area contributed by atoms with Crippen LogP contribution in [0.15, 0.2) is 18.5 Å². The van der Waals surface area contributed by atoms with Crippen LogP contribution in [0.2, 0.25) is 5.02 Å². The number of ether oxygens (including phenoxy) is 1. The molecule has 2 aromatic heterocycles. The summed E-state index contributed by atoms with van der Waals surface area (Å²) in [5.41, 5.74) is 7.77. The Kier molecular flexibility index (Phi) is 6.71. The number of alkyl halides is 1. The number of rotatable bonds is 6. The molecule has 3 rings (SSSR count). The van der Waals surface area contributed by atoms with E-state index in [9.17, 15) is 9.18 Å². The fraction of sp³-hybridized carbons (Fsp3) is 0.350. The summed E-state index contributed by atoms with van der Waals surface area (Å²) in [7, 11) is 0. The van der Waals surface area contributed by atoms with Crippen molar-refractivity contribution in [2.24, 2.45) is 0 Å². The first-order valence-electron chi connectivity index (χ1n) is 9.29. The molecule has 1 amide bonds. The van der Waals surface area contributed by atoms with Crippen molar-refractivity contribution in [1.82, 2.24) is 19.7 Å². The number of anilines is 1. The molecule has 1 unspecified atom stereocenters. The van der Waals surface area contributed by atoms with Crippen LogP contribution in [-0.4, -0.2) is 30.9 Å². The van der Waals surface area contributed by atoms with E-state index in [2.05, 4.69) is 15.3 Å². The number of benzene rings is 1. The molecule has 0 radical (unpaired) electrons. The molecule has 3 N–H and O–H groups in total. The summed E-state index contributed by atoms with van der Waals surface area (Å²) in [5.74, 6) is -0.634. The molecule has 0 saturated carbocycles. The van der Waals surface area contributed by atoms with Gasteiger partial charge in [0.15, 0.2) is 5.82 Å². The molecule has 30 heavy (non-hydrogen) atoms. The fourth-order valence-corrected chi connectivity index (χ4v) is 3.94. The van der Waals surface area contributed by atoms with E-state index < -0.39 is 11.7 Å². The number of amides is 1. The first-order chi connectivity index (χ1) is 14.2. The zero-order valence-electron chi connectivity index (χ0n) is 17.0. The summed E-state index contributed by atoms with van der Waals surface area (Å²) in [6.45, 7) is 7.35. The van der Waals surface area contributed by atoms with Crippen LogP contribution < -0.4 is 15.8 Å². The molecular formula is C20H22ClFIN5O2. The maximum atomic E-state index is 14.9. The molecule has 0 saturated heterocycles. The number of carbonyl (C=O) groups excluding carboxylic acids is 1. The van der Waals surface area contributed by atoms with Crippen LogP contribution >= 0.6 is 34.2 Å². The van der Waals surface area contributed by atoms with Crippen molar-refractivity contribution in [3.05, 3.63) is 51.9 Å². The van der Waals surface area contributed by atoms with Crippen LogP contribution in [0.1, 0.15) is 54.1 Å². The second kappa shape index (κ2) is 8.93. The van der Waals surface area contributed by atoms with Crippen molar-refractivity contribution in [3.63, 3.8) is 0 Å². The maximum absolute atomic E-state index is 14.9. The minimum Gasteiger partial charge on any atom is -0.490 e. The summed E-state index contributed by atoms with van der Waals surface area (Å²) >= 11 is 8.16. The summed E-state index contributed by atoms with van der Waals surface area (Å²) in [6, 6.07) is 1.49. The average Bonchev–Trinajstić information content (AvgIpc) is 3.02. The number of fused-ring (bicyclic) bond motifs is 1. The van der Waals surface area contributed by atoms with E-state index in [1.165, 1.54) is 6.07 Å². The van der Waals surface area contributed by atoms with Gasteiger partial charge in [0, 0.05) is 23.9 Å². The number of halogens is 3. The van der Waals surface area contributed by atoms with Gasteiger partial charge in [0.05, 0.1) is 21.4 Å². The SMILES string of the molecule is Cc1nc(C(C)c2cc(Cl)c(F)c(C(=O)NCI)c2OC(C)C)n2ccnc(N)c12. The van der Waals surface area contributed by atoms with Gasteiger partial charge in [-0.05, 0) is 26.8 Å². The number of aryl methyl sites for hydroxylation is 1. The molecule has 1 aromatic carbocycles. The van der Waals surface area contributed by atoms with E-state index in [0.29, 0.717) is 33.0 Å². The third-order valence-electron chi connectivity index (χ3n) is 4.65. The minimum atomic E-state index is -0.816. The summed E-state index contributed by atoms with van der Waals surface area (Å²) < 4.78 is 23.0. The Morgan fingerprint density at radius 3 is 2.77 bits per heavy atom. The zero-order chi connectivity index (χ0) is 22.2. The van der Waals surface area contributed by atoms with Crippen molar-refractivity contribution in [2.75, 3.05) is 10.3 Å². The first-order valence-corrected chi connectivity index (χ1v) is 11.2. The van der Waals surface area contributed by atoms with Gasteiger partial charge in [0.1, 0.15) is 28.5 Å². The Morgan fingerprint density at radius 1 is 1.43 bits per heavy atom. The number of nitrogen functional groups attached to an aromatic ring is 1. The smallest absolute Gasteiger partial charge is 0.258 e. The van der Waals surface area contributed by atoms with Gasteiger partial charge >= 0.3 is 0 Å². The quantitative estimate of drug-likeness (QED) is 0.271. The topological polar surface area (TPSA) is 94.5 Å². The van der Waals surface area contributed by atoms with Gasteiger partial charge in [-0.1, -0.05) is 41.1 Å². The zero-order valence-corrected chi connectivity index (χ0v) is 19.9. The van der Waals surface area contributed by atoms with Crippen molar-refractivity contribution in [2.45, 2.75) is 39.7 Å². The monoisotopic (exact) mass is 545 g/mol. The Morgan fingerprint density at radius 2 is 2.13 bits per heavy atom. The van der Waals surface area contributed by atoms with Crippen molar-refractivity contribution >= 4 is 51.4 Å². The van der Waals surface area contributed by atoms with Crippen LogP contribution in [0.25, 0.3) is 5.52 Å². The molecule has 0 aliphatic rings. The summed E-state index contributed by atoms with van der Waals surface area (Å²) in [4.78, 5) is 21.4. The van der Waals surface area contributed by atoms with Gasteiger partial charge in [-0.15, -0.1) is 0 Å². The molecule has 0 fully saturated rings. The molecule has 7 nitrogen and oxygen atoms in total. The molecule has 0 aliphatic heterocycles. The number of nitrogens with zero attached hydrogens (tertiary/aromatic N) is 3. The molecule has 2 heterocycles. The number of nitrogens with two attached hydrogens (primary N) is 1. The van der Waals surface area contributed by atoms with E-state index in [1.54, 1.807) is 12.4 Å². The van der Waals surface area contributed by atoms with Crippen LogP contribution in [0.3, 0.4) is 0 Å². The van der Waals surface area contributed by atoms with Crippen molar-refractivity contribution in [3.8, 4) is 5.75 Å². The van der Waals surface area contributed by atoms with Gasteiger partial charge in [0.25, 0.3) is 5.91 Å². The largest absolute Gasteiger partial charge is 0.490 e. The molecule has 0 spiro atoms. The number of imidazole rings is 1. The predicted molar refractivity (Wildman–Crippen MR) is 123 cm³/mol. The standard InChI is InChI=1S/C20H22ClFIN5O2/c1-9(2)30-17-12(7-13(21)15(22)14(17)20(29)26-8-23)10(3)19-27-11(4)16-18(24)25-5-6-28(16)19/h5-7,9-10H,8H2,1-4H3,(H2,24,25)(H,26,29). The number of carbonyl (C=O) groups is 1. The lowest BCUT2D eigenvalue weighted by atomic mass is 9.95. The molecule has 10 heteroatoms. The van der Waals surface area contributed by atoms with Crippen LogP contribution in [0.5, 0.6) is 5.75 Å². The highest BCUT2D eigenvalue weighted by Gasteiger charge is 2.29. The predicted octanol–water partition coefficient (Wildman–Crippen LogP) is 4.47. The molecular weight excluding hydrogens is 524 g/mol. The third-order valence-corrected chi connectivity index (χ3v) is 5.30. The van der Waals surface area contributed by atoms with Gasteiger partial charge in [-0.25, -0.2) is 14.4 Å². The van der Waals surface area contributed by atoms with Crippen LogP contribution in [0.4, 0.5) is 10.2 Å². The lowest BCUT2D eigenvalue weighted by Crippen LogP contribution is -2.25. The second-order valence-electron chi connectivity index (χ2n) is 7.08. The molecule has 160 valence electrons. The Balaban J connectivity index is 2.27. The highest BCUT2D eigenvalue weighted by molar-refractivity contribution is 14.1. The van der Waals surface area contributed by atoms with Crippen LogP contribution in [-0.2, 0) is 0 Å². The van der Waals surface area contributed by atoms with Crippen molar-refractivity contribution in [1.29, 1.82) is 0 Å². The van der Waals surface area contributed by atoms with E-state index in [-0.39, 0.29) is 28.4 Å². The average molecular weight is 546 g/mol. The maximum Gasteiger partial charge on any atom is 0.258 e. The van der Waals surface area contributed by atoms with Crippen LogP contribution in [0, 0.1) is 12.7 Å². The van der Waals surface area contributed by atoms with Gasteiger partial charge in [0.2, 0.25) is 0 Å². The van der Waals surface area contributed by atoms with Crippen molar-refractivity contribution < 1.29 is 13.9 Å². The van der Waals surface area contributed by atoms with E-state index >= 15 is 0 Å².